The first-order chi connectivity index (χ1) is 8.45. The molecule has 4 N–H and O–H groups in total. The number of hydrogen-bond acceptors (Lipinski definition) is 6. The summed E-state index contributed by atoms with van der Waals surface area (Å²) in [6, 6.07) is 0. The molecule has 0 saturated carbocycles. The predicted molar refractivity (Wildman–Crippen MR) is 59.1 cm³/mol. The summed E-state index contributed by atoms with van der Waals surface area (Å²) in [7, 11) is 0. The summed E-state index contributed by atoms with van der Waals surface area (Å²) in [5, 5.41) is 28.3. The average Bonchev–Trinajstić information content (AvgIpc) is 2.61. The fraction of sp³-hybridized carbons (Fsp3) is 0.600. The molecule has 8 nitrogen and oxygen atoms in total. The molecule has 100 valence electrons. The van der Waals surface area contributed by atoms with E-state index in [2.05, 4.69) is 4.98 Å². The summed E-state index contributed by atoms with van der Waals surface area (Å²) in [4.78, 5) is 24.9. The molecule has 0 radical (unpaired) electrons. The van der Waals surface area contributed by atoms with E-state index >= 15 is 0 Å². The zero-order valence-corrected chi connectivity index (χ0v) is 9.61. The number of aryl methyl sites for hydroxylation is 1. The van der Waals surface area contributed by atoms with E-state index in [4.69, 9.17) is 9.84 Å². The van der Waals surface area contributed by atoms with Crippen molar-refractivity contribution in [2.24, 2.45) is 0 Å². The Balaban J connectivity index is 2.42. The quantitative estimate of drug-likeness (QED) is 0.463. The van der Waals surface area contributed by atoms with Crippen molar-refractivity contribution >= 4 is 0 Å². The van der Waals surface area contributed by atoms with Crippen molar-refractivity contribution in [1.29, 1.82) is 0 Å². The van der Waals surface area contributed by atoms with Crippen LogP contribution >= 0.6 is 0 Å². The topological polar surface area (TPSA) is 125 Å². The van der Waals surface area contributed by atoms with Gasteiger partial charge in [0.15, 0.2) is 6.23 Å². The first-order valence-corrected chi connectivity index (χ1v) is 5.40. The minimum Gasteiger partial charge on any atom is -0.394 e. The number of ether oxygens (including phenoxy) is 1. The maximum Gasteiger partial charge on any atom is 0.330 e. The van der Waals surface area contributed by atoms with Crippen LogP contribution in [0.15, 0.2) is 15.8 Å². The summed E-state index contributed by atoms with van der Waals surface area (Å²) in [6.45, 7) is 1.02. The third-order valence-electron chi connectivity index (χ3n) is 2.94. The van der Waals surface area contributed by atoms with Crippen LogP contribution in [0.3, 0.4) is 0 Å². The number of hydrogen-bond donors (Lipinski definition) is 4. The standard InChI is InChI=1S/C10H14N2O6/c1-4-2-12(10(17)11-8(4)16)9-7(15)6(14)5(3-13)18-9/h2,5-7,9,13-15H,3H2,1H3,(H,11,16,17)/t5-,6+,7-,9+/m0/s1. The third-order valence-corrected chi connectivity index (χ3v) is 2.94. The lowest BCUT2D eigenvalue weighted by Crippen LogP contribution is -2.38. The SMILES string of the molecule is Cc1cn([C@@H]2O[C@@H](CO)[C@@H](O)[C@@H]2O)c(=O)[nH]c1=O. The second-order valence-electron chi connectivity index (χ2n) is 4.21. The lowest BCUT2D eigenvalue weighted by Gasteiger charge is -2.17. The summed E-state index contributed by atoms with van der Waals surface area (Å²) < 4.78 is 6.17. The van der Waals surface area contributed by atoms with E-state index in [9.17, 15) is 19.8 Å². The Kier molecular flexibility index (Phi) is 3.35. The molecule has 0 aliphatic carbocycles. The molecule has 1 fully saturated rings. The molecular formula is C10H14N2O6. The second-order valence-corrected chi connectivity index (χ2v) is 4.21. The summed E-state index contributed by atoms with van der Waals surface area (Å²) in [5.41, 5.74) is -1.00. The molecule has 8 heteroatoms. The van der Waals surface area contributed by atoms with Gasteiger partial charge in [0.2, 0.25) is 0 Å². The highest BCUT2D eigenvalue weighted by Crippen LogP contribution is 2.27. The molecule has 0 amide bonds. The second kappa shape index (κ2) is 4.65. The lowest BCUT2D eigenvalue weighted by molar-refractivity contribution is -0.0551. The van der Waals surface area contributed by atoms with Crippen molar-refractivity contribution in [2.75, 3.05) is 6.61 Å². The van der Waals surface area contributed by atoms with Crippen molar-refractivity contribution in [1.82, 2.24) is 9.55 Å². The highest BCUT2D eigenvalue weighted by molar-refractivity contribution is 5.03. The van der Waals surface area contributed by atoms with Gasteiger partial charge in [-0.25, -0.2) is 4.79 Å². The van der Waals surface area contributed by atoms with Crippen LogP contribution in [0, 0.1) is 6.92 Å². The summed E-state index contributed by atoms with van der Waals surface area (Å²) in [6.07, 6.45) is -3.52. The third kappa shape index (κ3) is 1.99. The van der Waals surface area contributed by atoms with Crippen LogP contribution < -0.4 is 11.2 Å². The molecule has 0 bridgehead atoms. The molecule has 1 aromatic heterocycles. The van der Waals surface area contributed by atoms with Crippen molar-refractivity contribution in [3.63, 3.8) is 0 Å². The molecule has 0 spiro atoms. The zero-order valence-electron chi connectivity index (χ0n) is 9.61. The highest BCUT2D eigenvalue weighted by Gasteiger charge is 2.43. The Labute approximate surface area is 101 Å². The Morgan fingerprint density at radius 2 is 2.06 bits per heavy atom. The van der Waals surface area contributed by atoms with Gasteiger partial charge in [-0.05, 0) is 6.92 Å². The van der Waals surface area contributed by atoms with Gasteiger partial charge < -0.3 is 20.1 Å². The van der Waals surface area contributed by atoms with Gasteiger partial charge in [-0.3, -0.25) is 14.3 Å². The highest BCUT2D eigenvalue weighted by atomic mass is 16.6. The minimum absolute atomic E-state index is 0.271. The predicted octanol–water partition coefficient (Wildman–Crippen LogP) is -2.54. The van der Waals surface area contributed by atoms with Gasteiger partial charge in [0, 0.05) is 11.8 Å². The minimum atomic E-state index is -1.36. The number of aromatic amines is 1. The zero-order chi connectivity index (χ0) is 13.4. The van der Waals surface area contributed by atoms with Crippen LogP contribution in [0.25, 0.3) is 0 Å². The number of nitrogens with zero attached hydrogens (tertiary/aromatic N) is 1. The van der Waals surface area contributed by atoms with Crippen LogP contribution in [0.5, 0.6) is 0 Å². The van der Waals surface area contributed by atoms with Crippen molar-refractivity contribution in [3.05, 3.63) is 32.6 Å². The lowest BCUT2D eigenvalue weighted by atomic mass is 10.1. The number of aromatic nitrogens is 2. The number of nitrogens with one attached hydrogen (secondary N) is 1. The van der Waals surface area contributed by atoms with E-state index in [0.717, 1.165) is 4.57 Å². The molecule has 1 aromatic rings. The van der Waals surface area contributed by atoms with E-state index in [0.29, 0.717) is 0 Å². The molecule has 1 saturated heterocycles. The van der Waals surface area contributed by atoms with Gasteiger partial charge in [-0.1, -0.05) is 0 Å². The van der Waals surface area contributed by atoms with Gasteiger partial charge >= 0.3 is 5.69 Å². The number of rotatable bonds is 2. The van der Waals surface area contributed by atoms with Crippen molar-refractivity contribution in [2.45, 2.75) is 31.5 Å². The Morgan fingerprint density at radius 1 is 1.39 bits per heavy atom. The van der Waals surface area contributed by atoms with E-state index < -0.39 is 42.4 Å². The van der Waals surface area contributed by atoms with Crippen LogP contribution in [0.2, 0.25) is 0 Å². The number of H-pyrrole nitrogens is 1. The van der Waals surface area contributed by atoms with E-state index in [-0.39, 0.29) is 5.56 Å². The van der Waals surface area contributed by atoms with Crippen LogP contribution in [-0.4, -0.2) is 49.8 Å². The molecular weight excluding hydrogens is 244 g/mol. The fourth-order valence-corrected chi connectivity index (χ4v) is 1.88. The summed E-state index contributed by atoms with van der Waals surface area (Å²) >= 11 is 0. The molecule has 0 unspecified atom stereocenters. The van der Waals surface area contributed by atoms with Gasteiger partial charge in [0.1, 0.15) is 18.3 Å². The summed E-state index contributed by atoms with van der Waals surface area (Å²) in [5.74, 6) is 0. The molecule has 2 rings (SSSR count). The molecule has 0 aromatic carbocycles. The van der Waals surface area contributed by atoms with Crippen molar-refractivity contribution < 1.29 is 20.1 Å². The Hall–Kier alpha value is -1.48. The Morgan fingerprint density at radius 3 is 2.61 bits per heavy atom. The van der Waals surface area contributed by atoms with E-state index in [1.807, 2.05) is 0 Å². The number of aliphatic hydroxyl groups is 3. The monoisotopic (exact) mass is 258 g/mol. The molecule has 1 aliphatic rings. The maximum atomic E-state index is 11.6. The van der Waals surface area contributed by atoms with Gasteiger partial charge in [-0.15, -0.1) is 0 Å². The average molecular weight is 258 g/mol. The van der Waals surface area contributed by atoms with E-state index in [1.165, 1.54) is 13.1 Å². The van der Waals surface area contributed by atoms with Crippen LogP contribution in [0.1, 0.15) is 11.8 Å². The Bertz CT molecular complexity index is 550. The van der Waals surface area contributed by atoms with Crippen molar-refractivity contribution in [3.8, 4) is 0 Å². The molecule has 18 heavy (non-hydrogen) atoms. The smallest absolute Gasteiger partial charge is 0.330 e. The van der Waals surface area contributed by atoms with Gasteiger partial charge in [0.05, 0.1) is 6.61 Å². The van der Waals surface area contributed by atoms with E-state index in [1.54, 1.807) is 0 Å². The largest absolute Gasteiger partial charge is 0.394 e. The fourth-order valence-electron chi connectivity index (χ4n) is 1.88. The first-order valence-electron chi connectivity index (χ1n) is 5.40. The molecule has 2 heterocycles. The van der Waals surface area contributed by atoms with Gasteiger partial charge in [0.25, 0.3) is 5.56 Å². The molecule has 4 atom stereocenters. The molecule has 1 aliphatic heterocycles. The normalized spacial score (nSPS) is 31.8. The maximum absolute atomic E-state index is 11.6. The van der Waals surface area contributed by atoms with Crippen LogP contribution in [0.4, 0.5) is 0 Å². The first kappa shape index (κ1) is 13.0. The number of aliphatic hydroxyl groups excluding tert-OH is 3. The van der Waals surface area contributed by atoms with Crippen LogP contribution in [-0.2, 0) is 4.74 Å². The van der Waals surface area contributed by atoms with Gasteiger partial charge in [-0.2, -0.15) is 0 Å².